The molecule has 164 valence electrons. The second-order valence-corrected chi connectivity index (χ2v) is 6.85. The van der Waals surface area contributed by atoms with E-state index in [0.29, 0.717) is 0 Å². The molecule has 8 nitrogen and oxygen atoms in total. The van der Waals surface area contributed by atoms with Crippen LogP contribution in [0.3, 0.4) is 0 Å². The Balaban J connectivity index is 2.80. The smallest absolute Gasteiger partial charge is 0.465 e. The minimum absolute atomic E-state index is 0.0600. The summed E-state index contributed by atoms with van der Waals surface area (Å²) in [5.41, 5.74) is -0.635. The molecular weight excluding hydrogens is 462 g/mol. The van der Waals surface area contributed by atoms with E-state index in [-0.39, 0.29) is 38.4 Å². The molecule has 13 heteroatoms. The van der Waals surface area contributed by atoms with Crippen molar-refractivity contribution in [2.45, 2.75) is 6.36 Å². The maximum atomic E-state index is 12.5. The molecular formula is C18H14Cl2F3N5O3. The molecule has 0 aliphatic carbocycles. The van der Waals surface area contributed by atoms with E-state index in [4.69, 9.17) is 23.2 Å². The van der Waals surface area contributed by atoms with Crippen LogP contribution >= 0.6 is 23.2 Å². The van der Waals surface area contributed by atoms with Crippen LogP contribution in [0.1, 0.15) is 11.3 Å². The zero-order chi connectivity index (χ0) is 23.5. The van der Waals surface area contributed by atoms with E-state index < -0.39 is 18.1 Å². The summed E-state index contributed by atoms with van der Waals surface area (Å²) in [7, 11) is 4.45. The lowest BCUT2D eigenvalue weighted by Gasteiger charge is -2.14. The van der Waals surface area contributed by atoms with Crippen molar-refractivity contribution in [1.29, 1.82) is 5.26 Å². The van der Waals surface area contributed by atoms with Crippen molar-refractivity contribution in [3.63, 3.8) is 0 Å². The second kappa shape index (κ2) is 9.28. The molecule has 0 atom stereocenters. The van der Waals surface area contributed by atoms with Gasteiger partial charge in [0.25, 0.3) is 0 Å². The van der Waals surface area contributed by atoms with Gasteiger partial charge in [-0.05, 0) is 0 Å². The Morgan fingerprint density at radius 3 is 2.39 bits per heavy atom. The number of hydrogen-bond acceptors (Lipinski definition) is 6. The SMILES string of the molecule is C=C(C(=O)OC)c1c(C#N)nn(-c2c(Cl)cc(OC(F)(F)F)cc2Cl)c1N=CN(C)C. The number of benzene rings is 1. The molecule has 0 aliphatic rings. The maximum absolute atomic E-state index is 12.5. The fourth-order valence-corrected chi connectivity index (χ4v) is 3.00. The van der Waals surface area contributed by atoms with Gasteiger partial charge < -0.3 is 14.4 Å². The summed E-state index contributed by atoms with van der Waals surface area (Å²) in [5.74, 6) is -1.58. The minimum Gasteiger partial charge on any atom is -0.465 e. The molecule has 1 aromatic heterocycles. The summed E-state index contributed by atoms with van der Waals surface area (Å²) >= 11 is 12.3. The predicted octanol–water partition coefficient (Wildman–Crippen LogP) is 4.36. The van der Waals surface area contributed by atoms with Gasteiger partial charge in [0.15, 0.2) is 11.5 Å². The molecule has 31 heavy (non-hydrogen) atoms. The minimum atomic E-state index is -4.96. The quantitative estimate of drug-likeness (QED) is 0.266. The predicted molar refractivity (Wildman–Crippen MR) is 108 cm³/mol. The van der Waals surface area contributed by atoms with Crippen molar-refractivity contribution in [3.8, 4) is 17.5 Å². The zero-order valence-corrected chi connectivity index (χ0v) is 17.8. The van der Waals surface area contributed by atoms with Crippen LogP contribution in [0.2, 0.25) is 10.0 Å². The summed E-state index contributed by atoms with van der Waals surface area (Å²) in [6.45, 7) is 3.62. The second-order valence-electron chi connectivity index (χ2n) is 6.03. The van der Waals surface area contributed by atoms with Crippen LogP contribution in [0.4, 0.5) is 19.0 Å². The molecule has 0 saturated carbocycles. The monoisotopic (exact) mass is 475 g/mol. The number of carbonyl (C=O) groups excluding carboxylic acids is 1. The molecule has 0 amide bonds. The number of esters is 1. The molecule has 0 spiro atoms. The van der Waals surface area contributed by atoms with Crippen molar-refractivity contribution in [2.75, 3.05) is 21.2 Å². The molecule has 1 aromatic carbocycles. The van der Waals surface area contributed by atoms with Gasteiger partial charge in [-0.15, -0.1) is 13.2 Å². The zero-order valence-electron chi connectivity index (χ0n) is 16.3. The first kappa shape index (κ1) is 24.0. The number of hydrogen-bond donors (Lipinski definition) is 0. The Morgan fingerprint density at radius 2 is 1.94 bits per heavy atom. The van der Waals surface area contributed by atoms with Crippen LogP contribution < -0.4 is 4.74 Å². The van der Waals surface area contributed by atoms with E-state index >= 15 is 0 Å². The number of alkyl halides is 3. The molecule has 0 saturated heterocycles. The number of ether oxygens (including phenoxy) is 2. The number of methoxy groups -OCH3 is 1. The average Bonchev–Trinajstić information content (AvgIpc) is 3.01. The molecule has 0 bridgehead atoms. The molecule has 0 aliphatic heterocycles. The van der Waals surface area contributed by atoms with E-state index in [9.17, 15) is 23.2 Å². The molecule has 1 heterocycles. The van der Waals surface area contributed by atoms with Crippen molar-refractivity contribution in [1.82, 2.24) is 14.7 Å². The van der Waals surface area contributed by atoms with Gasteiger partial charge in [0, 0.05) is 26.2 Å². The molecule has 2 aromatic rings. The van der Waals surface area contributed by atoms with Gasteiger partial charge >= 0.3 is 12.3 Å². The van der Waals surface area contributed by atoms with Gasteiger partial charge in [0.05, 0.1) is 34.6 Å². The van der Waals surface area contributed by atoms with Gasteiger partial charge in [-0.3, -0.25) is 0 Å². The first-order valence-electron chi connectivity index (χ1n) is 8.16. The largest absolute Gasteiger partial charge is 0.573 e. The summed E-state index contributed by atoms with van der Waals surface area (Å²) in [6.07, 6.45) is -3.62. The topological polar surface area (TPSA) is 92.7 Å². The number of nitriles is 1. The van der Waals surface area contributed by atoms with Gasteiger partial charge in [-0.2, -0.15) is 10.4 Å². The van der Waals surface area contributed by atoms with E-state index in [1.54, 1.807) is 19.0 Å². The van der Waals surface area contributed by atoms with Crippen LogP contribution in [0.5, 0.6) is 5.75 Å². The van der Waals surface area contributed by atoms with Crippen molar-refractivity contribution in [3.05, 3.63) is 40.0 Å². The number of nitrogens with zero attached hydrogens (tertiary/aromatic N) is 5. The van der Waals surface area contributed by atoms with Crippen molar-refractivity contribution >= 4 is 46.9 Å². The maximum Gasteiger partial charge on any atom is 0.573 e. The summed E-state index contributed by atoms with van der Waals surface area (Å²) in [6, 6.07) is 3.55. The Bertz CT molecular complexity index is 1080. The molecule has 0 radical (unpaired) electrons. The fraction of sp³-hybridized carbons (Fsp3) is 0.222. The third-order valence-corrected chi connectivity index (χ3v) is 4.12. The van der Waals surface area contributed by atoms with Crippen LogP contribution in [0.15, 0.2) is 23.7 Å². The highest BCUT2D eigenvalue weighted by Crippen LogP contribution is 2.39. The summed E-state index contributed by atoms with van der Waals surface area (Å²) < 4.78 is 47.1. The normalized spacial score (nSPS) is 11.3. The van der Waals surface area contributed by atoms with Crippen LogP contribution in [0.25, 0.3) is 11.3 Å². The van der Waals surface area contributed by atoms with Crippen LogP contribution in [-0.4, -0.2) is 54.6 Å². The molecule has 0 N–H and O–H groups in total. The Hall–Kier alpha value is -3.23. The van der Waals surface area contributed by atoms with Crippen LogP contribution in [0, 0.1) is 11.3 Å². The number of aromatic nitrogens is 2. The first-order valence-corrected chi connectivity index (χ1v) is 8.91. The van der Waals surface area contributed by atoms with E-state index in [1.807, 2.05) is 6.07 Å². The van der Waals surface area contributed by atoms with E-state index in [1.165, 1.54) is 6.34 Å². The summed E-state index contributed by atoms with van der Waals surface area (Å²) in [4.78, 5) is 17.8. The standard InChI is InChI=1S/C18H14Cl2F3N5O3/c1-9(17(29)30-4)14-13(7-24)26-28(16(14)25-8-27(2)3)15-11(19)5-10(6-12(15)20)31-18(21,22)23/h5-6,8H,1H2,2-4H3. The highest BCUT2D eigenvalue weighted by Gasteiger charge is 2.32. The Kier molecular flexibility index (Phi) is 7.20. The highest BCUT2D eigenvalue weighted by atomic mass is 35.5. The lowest BCUT2D eigenvalue weighted by molar-refractivity contribution is -0.274. The van der Waals surface area contributed by atoms with E-state index in [2.05, 4.69) is 26.1 Å². The third-order valence-electron chi connectivity index (χ3n) is 3.55. The Labute approximate surface area is 184 Å². The van der Waals surface area contributed by atoms with E-state index in [0.717, 1.165) is 23.9 Å². The van der Waals surface area contributed by atoms with Crippen molar-refractivity contribution < 1.29 is 27.4 Å². The lowest BCUT2D eigenvalue weighted by Crippen LogP contribution is -2.17. The van der Waals surface area contributed by atoms with Gasteiger partial charge in [0.2, 0.25) is 0 Å². The first-order chi connectivity index (χ1) is 14.4. The fourth-order valence-electron chi connectivity index (χ4n) is 2.37. The summed E-state index contributed by atoms with van der Waals surface area (Å²) in [5, 5.41) is 13.0. The number of carbonyl (C=O) groups is 1. The average molecular weight is 476 g/mol. The highest BCUT2D eigenvalue weighted by molar-refractivity contribution is 6.38. The lowest BCUT2D eigenvalue weighted by atomic mass is 10.1. The van der Waals surface area contributed by atoms with Crippen LogP contribution in [-0.2, 0) is 9.53 Å². The van der Waals surface area contributed by atoms with Crippen molar-refractivity contribution in [2.24, 2.45) is 4.99 Å². The molecule has 0 unspecified atom stereocenters. The van der Waals surface area contributed by atoms with Gasteiger partial charge in [-0.25, -0.2) is 14.5 Å². The molecule has 0 fully saturated rings. The number of aliphatic imine (C=N–C) groups is 1. The van der Waals surface area contributed by atoms with Gasteiger partial charge in [0.1, 0.15) is 17.5 Å². The number of halogens is 5. The van der Waals surface area contributed by atoms with Gasteiger partial charge in [-0.1, -0.05) is 29.8 Å². The Morgan fingerprint density at radius 1 is 1.35 bits per heavy atom. The third kappa shape index (κ3) is 5.48. The number of rotatable bonds is 6. The molecule has 2 rings (SSSR count).